The highest BCUT2D eigenvalue weighted by Gasteiger charge is 2.27. The number of likely N-dealkylation sites (tertiary alicyclic amines) is 1. The fraction of sp³-hybridized carbons (Fsp3) is 0.550. The zero-order valence-corrected chi connectivity index (χ0v) is 15.0. The van der Waals surface area contributed by atoms with Gasteiger partial charge in [0.25, 0.3) is 0 Å². The predicted octanol–water partition coefficient (Wildman–Crippen LogP) is 3.18. The summed E-state index contributed by atoms with van der Waals surface area (Å²) in [5.74, 6) is 2.63. The van der Waals surface area contributed by atoms with Gasteiger partial charge in [0.1, 0.15) is 11.6 Å². The molecule has 0 amide bonds. The van der Waals surface area contributed by atoms with E-state index in [2.05, 4.69) is 50.3 Å². The summed E-state index contributed by atoms with van der Waals surface area (Å²) in [4.78, 5) is 16.2. The van der Waals surface area contributed by atoms with Crippen molar-refractivity contribution in [3.05, 3.63) is 47.7 Å². The Morgan fingerprint density at radius 1 is 1.08 bits per heavy atom. The lowest BCUT2D eigenvalue weighted by molar-refractivity contribution is 0.221. The summed E-state index contributed by atoms with van der Waals surface area (Å²) in [5, 5.41) is 3.62. The van der Waals surface area contributed by atoms with Gasteiger partial charge in [0.15, 0.2) is 0 Å². The maximum Gasteiger partial charge on any atom is 0.133 e. The Hall–Kier alpha value is -2.01. The molecule has 0 bridgehead atoms. The zero-order chi connectivity index (χ0) is 17.1. The highest BCUT2D eigenvalue weighted by atomic mass is 15.1. The van der Waals surface area contributed by atoms with Crippen molar-refractivity contribution in [2.24, 2.45) is 0 Å². The van der Waals surface area contributed by atoms with Gasteiger partial charge in [-0.05, 0) is 50.8 Å². The molecular formula is C20H27N5. The van der Waals surface area contributed by atoms with Crippen molar-refractivity contribution in [1.29, 1.82) is 0 Å². The van der Waals surface area contributed by atoms with Crippen molar-refractivity contribution in [2.75, 3.05) is 25.0 Å². The first-order chi connectivity index (χ1) is 12.3. The first-order valence-electron chi connectivity index (χ1n) is 9.50. The molecule has 2 aromatic heterocycles. The molecule has 5 heteroatoms. The number of aryl methyl sites for hydroxylation is 1. The van der Waals surface area contributed by atoms with E-state index in [0.29, 0.717) is 12.0 Å². The molecule has 4 rings (SSSR count). The van der Waals surface area contributed by atoms with Crippen molar-refractivity contribution < 1.29 is 0 Å². The average molecular weight is 337 g/mol. The normalized spacial score (nSPS) is 19.1. The van der Waals surface area contributed by atoms with E-state index >= 15 is 0 Å². The summed E-state index contributed by atoms with van der Waals surface area (Å²) >= 11 is 0. The van der Waals surface area contributed by atoms with Gasteiger partial charge < -0.3 is 10.2 Å². The van der Waals surface area contributed by atoms with Crippen molar-refractivity contribution in [1.82, 2.24) is 19.9 Å². The number of anilines is 1. The molecule has 0 atom stereocenters. The molecule has 0 radical (unpaired) electrons. The highest BCUT2D eigenvalue weighted by molar-refractivity contribution is 5.35. The third kappa shape index (κ3) is 4.54. The predicted molar refractivity (Wildman–Crippen MR) is 99.8 cm³/mol. The molecular weight excluding hydrogens is 310 g/mol. The number of hydrogen-bond donors (Lipinski definition) is 1. The van der Waals surface area contributed by atoms with Gasteiger partial charge >= 0.3 is 0 Å². The molecule has 132 valence electrons. The van der Waals surface area contributed by atoms with E-state index < -0.39 is 0 Å². The molecule has 2 fully saturated rings. The number of aromatic nitrogens is 3. The maximum absolute atomic E-state index is 4.69. The number of nitrogens with one attached hydrogen (secondary N) is 1. The smallest absolute Gasteiger partial charge is 0.133 e. The molecule has 1 N–H and O–H groups in total. The van der Waals surface area contributed by atoms with Crippen LogP contribution in [0, 0.1) is 6.92 Å². The number of pyridine rings is 1. The van der Waals surface area contributed by atoms with Gasteiger partial charge in [0.05, 0.1) is 0 Å². The second kappa shape index (κ2) is 7.48. The molecule has 1 saturated heterocycles. The second-order valence-corrected chi connectivity index (χ2v) is 7.35. The summed E-state index contributed by atoms with van der Waals surface area (Å²) in [5.41, 5.74) is 2.31. The van der Waals surface area contributed by atoms with Crippen LogP contribution in [0.25, 0.3) is 0 Å². The molecule has 3 heterocycles. The van der Waals surface area contributed by atoms with Crippen LogP contribution in [0.4, 0.5) is 5.82 Å². The van der Waals surface area contributed by atoms with Gasteiger partial charge in [-0.2, -0.15) is 0 Å². The van der Waals surface area contributed by atoms with E-state index in [0.717, 1.165) is 43.4 Å². The minimum atomic E-state index is 0.523. The van der Waals surface area contributed by atoms with Crippen molar-refractivity contribution in [2.45, 2.75) is 51.0 Å². The Morgan fingerprint density at radius 3 is 2.68 bits per heavy atom. The molecule has 25 heavy (non-hydrogen) atoms. The first-order valence-corrected chi connectivity index (χ1v) is 9.50. The summed E-state index contributed by atoms with van der Waals surface area (Å²) in [7, 11) is 0. The summed E-state index contributed by atoms with van der Waals surface area (Å²) in [6, 6.07) is 8.82. The van der Waals surface area contributed by atoms with Crippen LogP contribution >= 0.6 is 0 Å². The molecule has 2 aliphatic rings. The van der Waals surface area contributed by atoms with E-state index in [4.69, 9.17) is 0 Å². The van der Waals surface area contributed by atoms with Gasteiger partial charge in [-0.1, -0.05) is 6.07 Å². The van der Waals surface area contributed by atoms with Crippen LogP contribution in [0.1, 0.15) is 48.8 Å². The number of nitrogens with zero attached hydrogens (tertiary/aromatic N) is 4. The van der Waals surface area contributed by atoms with Gasteiger partial charge in [-0.15, -0.1) is 0 Å². The summed E-state index contributed by atoms with van der Waals surface area (Å²) in [6.07, 6.45) is 7.77. The molecule has 5 nitrogen and oxygen atoms in total. The second-order valence-electron chi connectivity index (χ2n) is 7.35. The molecule has 1 saturated carbocycles. The van der Waals surface area contributed by atoms with Crippen LogP contribution in [-0.4, -0.2) is 45.5 Å². The molecule has 0 aromatic carbocycles. The highest BCUT2D eigenvalue weighted by Crippen LogP contribution is 2.38. The van der Waals surface area contributed by atoms with Crippen molar-refractivity contribution in [3.63, 3.8) is 0 Å². The quantitative estimate of drug-likeness (QED) is 0.877. The Bertz CT molecular complexity index is 705. The van der Waals surface area contributed by atoms with E-state index in [-0.39, 0.29) is 0 Å². The lowest BCUT2D eigenvalue weighted by Gasteiger charge is -2.32. The van der Waals surface area contributed by atoms with Crippen molar-refractivity contribution in [3.8, 4) is 0 Å². The number of hydrogen-bond acceptors (Lipinski definition) is 5. The van der Waals surface area contributed by atoms with Crippen LogP contribution in [0.2, 0.25) is 0 Å². The average Bonchev–Trinajstić information content (AvgIpc) is 3.47. The molecule has 0 spiro atoms. The monoisotopic (exact) mass is 337 g/mol. The van der Waals surface area contributed by atoms with Gasteiger partial charge in [-0.3, -0.25) is 4.98 Å². The molecule has 1 aliphatic heterocycles. The van der Waals surface area contributed by atoms with Crippen LogP contribution < -0.4 is 5.32 Å². The van der Waals surface area contributed by atoms with Crippen molar-refractivity contribution >= 4 is 5.82 Å². The Morgan fingerprint density at radius 2 is 1.92 bits per heavy atom. The minimum Gasteiger partial charge on any atom is -0.367 e. The summed E-state index contributed by atoms with van der Waals surface area (Å²) < 4.78 is 0. The third-order valence-electron chi connectivity index (χ3n) is 5.19. The van der Waals surface area contributed by atoms with E-state index in [1.807, 2.05) is 12.3 Å². The standard InChI is InChI=1S/C20H27N5/c1-15-3-2-4-17(22-15)8-12-25-13-9-18(10-14-25)23-19-7-11-21-20(24-19)16-5-6-16/h2-4,7,11,16,18H,5-6,8-10,12-14H2,1H3,(H,21,23,24). The largest absolute Gasteiger partial charge is 0.367 e. The van der Waals surface area contributed by atoms with Crippen LogP contribution in [-0.2, 0) is 6.42 Å². The Kier molecular flexibility index (Phi) is 4.92. The van der Waals surface area contributed by atoms with E-state index in [1.165, 1.54) is 31.4 Å². The lowest BCUT2D eigenvalue weighted by atomic mass is 10.0. The fourth-order valence-corrected chi connectivity index (χ4v) is 3.51. The fourth-order valence-electron chi connectivity index (χ4n) is 3.51. The molecule has 0 unspecified atom stereocenters. The molecule has 2 aromatic rings. The topological polar surface area (TPSA) is 53.9 Å². The van der Waals surface area contributed by atoms with Gasteiger partial charge in [0.2, 0.25) is 0 Å². The van der Waals surface area contributed by atoms with Gasteiger partial charge in [0, 0.05) is 55.6 Å². The third-order valence-corrected chi connectivity index (χ3v) is 5.19. The maximum atomic E-state index is 4.69. The van der Waals surface area contributed by atoms with Crippen LogP contribution in [0.5, 0.6) is 0 Å². The van der Waals surface area contributed by atoms with E-state index in [9.17, 15) is 0 Å². The summed E-state index contributed by atoms with van der Waals surface area (Å²) in [6.45, 7) is 5.44. The SMILES string of the molecule is Cc1cccc(CCN2CCC(Nc3ccnc(C4CC4)n3)CC2)n1. The van der Waals surface area contributed by atoms with E-state index in [1.54, 1.807) is 0 Å². The van der Waals surface area contributed by atoms with Gasteiger partial charge in [-0.25, -0.2) is 9.97 Å². The first kappa shape index (κ1) is 16.5. The zero-order valence-electron chi connectivity index (χ0n) is 15.0. The minimum absolute atomic E-state index is 0.523. The Balaban J connectivity index is 1.23. The number of piperidine rings is 1. The molecule has 1 aliphatic carbocycles. The number of rotatable bonds is 6. The Labute approximate surface area is 149 Å². The van der Waals surface area contributed by atoms with Crippen LogP contribution in [0.15, 0.2) is 30.5 Å². The van der Waals surface area contributed by atoms with Crippen LogP contribution in [0.3, 0.4) is 0 Å². The lowest BCUT2D eigenvalue weighted by Crippen LogP contribution is -2.40.